The van der Waals surface area contributed by atoms with Crippen LogP contribution in [0, 0.1) is 0 Å². The van der Waals surface area contributed by atoms with Crippen LogP contribution in [0.5, 0.6) is 0 Å². The summed E-state index contributed by atoms with van der Waals surface area (Å²) in [4.78, 5) is 18.6. The van der Waals surface area contributed by atoms with Gasteiger partial charge in [-0.25, -0.2) is 0 Å². The summed E-state index contributed by atoms with van der Waals surface area (Å²) in [6, 6.07) is 3.95. The quantitative estimate of drug-likeness (QED) is 0.792. The number of pyridine rings is 1. The van der Waals surface area contributed by atoms with Gasteiger partial charge < -0.3 is 4.74 Å². The van der Waals surface area contributed by atoms with Crippen molar-refractivity contribution in [3.05, 3.63) is 30.1 Å². The van der Waals surface area contributed by atoms with Crippen molar-refractivity contribution in [1.82, 2.24) is 9.88 Å². The maximum Gasteiger partial charge on any atom is 0.323 e. The number of nitrogens with zero attached hydrogens (tertiary/aromatic N) is 2. The zero-order valence-corrected chi connectivity index (χ0v) is 12.6. The van der Waals surface area contributed by atoms with Crippen LogP contribution in [0.4, 0.5) is 0 Å². The number of hydrogen-bond acceptors (Lipinski definition) is 4. The Morgan fingerprint density at radius 1 is 1.50 bits per heavy atom. The molecule has 0 bridgehead atoms. The third-order valence-electron chi connectivity index (χ3n) is 3.45. The van der Waals surface area contributed by atoms with Gasteiger partial charge in [-0.15, -0.1) is 0 Å². The van der Waals surface area contributed by atoms with E-state index in [-0.39, 0.29) is 12.0 Å². The Morgan fingerprint density at radius 2 is 2.30 bits per heavy atom. The second kappa shape index (κ2) is 6.35. The molecule has 1 aliphatic heterocycles. The van der Waals surface area contributed by atoms with Crippen LogP contribution in [0.1, 0.15) is 39.2 Å². The second-order valence-electron chi connectivity index (χ2n) is 6.34. The van der Waals surface area contributed by atoms with Crippen LogP contribution in [-0.4, -0.2) is 40.6 Å². The van der Waals surface area contributed by atoms with E-state index in [2.05, 4.69) is 16.0 Å². The lowest BCUT2D eigenvalue weighted by atomic mass is 10.1. The lowest BCUT2D eigenvalue weighted by Crippen LogP contribution is -2.41. The van der Waals surface area contributed by atoms with Gasteiger partial charge in [0.15, 0.2) is 0 Å². The average molecular weight is 276 g/mol. The minimum Gasteiger partial charge on any atom is -0.459 e. The van der Waals surface area contributed by atoms with Crippen molar-refractivity contribution in [2.24, 2.45) is 0 Å². The van der Waals surface area contributed by atoms with E-state index in [1.165, 1.54) is 5.56 Å². The first-order chi connectivity index (χ1) is 9.46. The fourth-order valence-electron chi connectivity index (χ4n) is 2.55. The van der Waals surface area contributed by atoms with Crippen LogP contribution in [0.25, 0.3) is 0 Å². The average Bonchev–Trinajstić information content (AvgIpc) is 2.84. The van der Waals surface area contributed by atoms with Crippen molar-refractivity contribution in [1.29, 1.82) is 0 Å². The number of rotatable bonds is 4. The molecular weight excluding hydrogens is 252 g/mol. The SMILES string of the molecule is CC(C)(C)OC(=O)[C@H]1CCCN1CCc1cccnc1. The number of hydrogen-bond donors (Lipinski definition) is 0. The molecule has 1 saturated heterocycles. The molecule has 2 rings (SSSR count). The Labute approximate surface area is 121 Å². The van der Waals surface area contributed by atoms with Gasteiger partial charge in [0.2, 0.25) is 0 Å². The van der Waals surface area contributed by atoms with Gasteiger partial charge in [0.1, 0.15) is 11.6 Å². The molecule has 20 heavy (non-hydrogen) atoms. The van der Waals surface area contributed by atoms with E-state index < -0.39 is 5.60 Å². The molecule has 0 spiro atoms. The number of likely N-dealkylation sites (tertiary alicyclic amines) is 1. The van der Waals surface area contributed by atoms with Gasteiger partial charge in [-0.3, -0.25) is 14.7 Å². The largest absolute Gasteiger partial charge is 0.459 e. The fraction of sp³-hybridized carbons (Fsp3) is 0.625. The number of esters is 1. The fourth-order valence-corrected chi connectivity index (χ4v) is 2.55. The third-order valence-corrected chi connectivity index (χ3v) is 3.45. The van der Waals surface area contributed by atoms with Crippen molar-refractivity contribution in [3.63, 3.8) is 0 Å². The standard InChI is InChI=1S/C16H24N2O2/c1-16(2,3)20-15(19)14-7-5-10-18(14)11-8-13-6-4-9-17-12-13/h4,6,9,12,14H,5,7-8,10-11H2,1-3H3/t14-/m1/s1. The minimum atomic E-state index is -0.408. The molecule has 4 nitrogen and oxygen atoms in total. The zero-order chi connectivity index (χ0) is 14.6. The molecule has 1 fully saturated rings. The van der Waals surface area contributed by atoms with E-state index in [4.69, 9.17) is 4.74 Å². The lowest BCUT2D eigenvalue weighted by molar-refractivity contribution is -0.160. The van der Waals surface area contributed by atoms with E-state index in [1.54, 1.807) is 6.20 Å². The molecule has 0 aliphatic carbocycles. The summed E-state index contributed by atoms with van der Waals surface area (Å²) < 4.78 is 5.51. The first kappa shape index (κ1) is 15.0. The number of aromatic nitrogens is 1. The van der Waals surface area contributed by atoms with Gasteiger partial charge in [0.25, 0.3) is 0 Å². The summed E-state index contributed by atoms with van der Waals surface area (Å²) in [6.45, 7) is 7.61. The summed E-state index contributed by atoms with van der Waals surface area (Å²) in [5, 5.41) is 0. The smallest absolute Gasteiger partial charge is 0.323 e. The van der Waals surface area contributed by atoms with Gasteiger partial charge in [-0.2, -0.15) is 0 Å². The molecule has 0 unspecified atom stereocenters. The molecule has 2 heterocycles. The Bertz CT molecular complexity index is 440. The van der Waals surface area contributed by atoms with Gasteiger partial charge >= 0.3 is 5.97 Å². The second-order valence-corrected chi connectivity index (χ2v) is 6.34. The molecule has 4 heteroatoms. The zero-order valence-electron chi connectivity index (χ0n) is 12.6. The molecule has 0 amide bonds. The van der Waals surface area contributed by atoms with Crippen molar-refractivity contribution in [3.8, 4) is 0 Å². The Balaban J connectivity index is 1.89. The van der Waals surface area contributed by atoms with Crippen molar-refractivity contribution >= 4 is 5.97 Å². The van der Waals surface area contributed by atoms with E-state index in [9.17, 15) is 4.79 Å². The highest BCUT2D eigenvalue weighted by molar-refractivity contribution is 5.76. The predicted octanol–water partition coefficient (Wildman–Crippen LogP) is 2.43. The molecule has 1 aromatic heterocycles. The number of ether oxygens (including phenoxy) is 1. The molecule has 0 radical (unpaired) electrons. The molecule has 1 atom stereocenters. The van der Waals surface area contributed by atoms with Crippen molar-refractivity contribution in [2.75, 3.05) is 13.1 Å². The van der Waals surface area contributed by atoms with Crippen LogP contribution < -0.4 is 0 Å². The maximum absolute atomic E-state index is 12.2. The number of carbonyl (C=O) groups excluding carboxylic acids is 1. The monoisotopic (exact) mass is 276 g/mol. The van der Waals surface area contributed by atoms with Crippen LogP contribution in [-0.2, 0) is 16.0 Å². The molecular formula is C16H24N2O2. The first-order valence-corrected chi connectivity index (χ1v) is 7.31. The molecule has 1 aromatic rings. The van der Waals surface area contributed by atoms with Crippen molar-refractivity contribution < 1.29 is 9.53 Å². The van der Waals surface area contributed by atoms with Gasteiger partial charge in [0.05, 0.1) is 0 Å². The number of carbonyl (C=O) groups is 1. The van der Waals surface area contributed by atoms with Gasteiger partial charge in [-0.05, 0) is 58.2 Å². The highest BCUT2D eigenvalue weighted by atomic mass is 16.6. The van der Waals surface area contributed by atoms with Crippen LogP contribution in [0.15, 0.2) is 24.5 Å². The summed E-state index contributed by atoms with van der Waals surface area (Å²) >= 11 is 0. The van der Waals surface area contributed by atoms with Crippen LogP contribution in [0.2, 0.25) is 0 Å². The lowest BCUT2D eigenvalue weighted by Gasteiger charge is -2.27. The van der Waals surface area contributed by atoms with E-state index >= 15 is 0 Å². The third kappa shape index (κ3) is 4.30. The summed E-state index contributed by atoms with van der Waals surface area (Å²) in [6.07, 6.45) is 6.56. The molecule has 0 aromatic carbocycles. The predicted molar refractivity (Wildman–Crippen MR) is 78.4 cm³/mol. The first-order valence-electron chi connectivity index (χ1n) is 7.31. The summed E-state index contributed by atoms with van der Waals surface area (Å²) in [5.74, 6) is -0.0822. The van der Waals surface area contributed by atoms with Crippen LogP contribution >= 0.6 is 0 Å². The highest BCUT2D eigenvalue weighted by Crippen LogP contribution is 2.21. The van der Waals surface area contributed by atoms with E-state index in [1.807, 2.05) is 33.0 Å². The molecule has 1 aliphatic rings. The van der Waals surface area contributed by atoms with Gasteiger partial charge in [-0.1, -0.05) is 6.07 Å². The van der Waals surface area contributed by atoms with Gasteiger partial charge in [0, 0.05) is 18.9 Å². The molecule has 0 saturated carbocycles. The normalized spacial score (nSPS) is 20.1. The van der Waals surface area contributed by atoms with Crippen LogP contribution in [0.3, 0.4) is 0 Å². The Hall–Kier alpha value is -1.42. The Morgan fingerprint density at radius 3 is 2.95 bits per heavy atom. The van der Waals surface area contributed by atoms with E-state index in [0.717, 1.165) is 32.4 Å². The summed E-state index contributed by atoms with van der Waals surface area (Å²) in [7, 11) is 0. The molecule has 110 valence electrons. The highest BCUT2D eigenvalue weighted by Gasteiger charge is 2.33. The molecule has 0 N–H and O–H groups in total. The minimum absolute atomic E-state index is 0.0779. The van der Waals surface area contributed by atoms with E-state index in [0.29, 0.717) is 0 Å². The summed E-state index contributed by atoms with van der Waals surface area (Å²) in [5.41, 5.74) is 0.802. The topological polar surface area (TPSA) is 42.4 Å². The van der Waals surface area contributed by atoms with Crippen molar-refractivity contribution in [2.45, 2.75) is 51.7 Å². The maximum atomic E-state index is 12.2. The Kier molecular flexibility index (Phi) is 4.76.